The number of allylic oxidation sites excluding steroid dienone is 2. The molecule has 0 saturated heterocycles. The van der Waals surface area contributed by atoms with Gasteiger partial charge in [-0.15, -0.1) is 0 Å². The smallest absolute Gasteiger partial charge is 0.200 e. The molecule has 1 atom stereocenters. The van der Waals surface area contributed by atoms with Crippen molar-refractivity contribution in [2.75, 3.05) is 0 Å². The standard InChI is InChI=1S/C25H26O6/c1-12(2)6-8-16-22(29)20-18(28)11-19-21(25(4,5)13(3)30-19)24(20)31-23(16)15-9-7-14(26)10-17(15)27/h6-7,9-11,13,26-28H,8H2,1-5H3. The normalized spacial score (nSPS) is 16.7. The largest absolute Gasteiger partial charge is 0.508 e. The molecule has 0 aliphatic carbocycles. The predicted molar refractivity (Wildman–Crippen MR) is 119 cm³/mol. The molecule has 0 fully saturated rings. The lowest BCUT2D eigenvalue weighted by Crippen LogP contribution is -2.29. The third-order valence-electron chi connectivity index (χ3n) is 6.11. The van der Waals surface area contributed by atoms with Crippen LogP contribution in [0.15, 0.2) is 45.1 Å². The molecule has 0 amide bonds. The Bertz CT molecular complexity index is 1290. The lowest BCUT2D eigenvalue weighted by atomic mass is 9.80. The number of hydrogen-bond donors (Lipinski definition) is 3. The van der Waals surface area contributed by atoms with Gasteiger partial charge in [-0.2, -0.15) is 0 Å². The van der Waals surface area contributed by atoms with Crippen molar-refractivity contribution < 1.29 is 24.5 Å². The van der Waals surface area contributed by atoms with Gasteiger partial charge in [0.25, 0.3) is 0 Å². The second-order valence-electron chi connectivity index (χ2n) is 8.88. The molecule has 2 aromatic carbocycles. The van der Waals surface area contributed by atoms with Crippen molar-refractivity contribution >= 4 is 11.0 Å². The van der Waals surface area contributed by atoms with Gasteiger partial charge in [0, 0.05) is 28.7 Å². The zero-order valence-corrected chi connectivity index (χ0v) is 18.2. The lowest BCUT2D eigenvalue weighted by molar-refractivity contribution is 0.185. The minimum atomic E-state index is -0.465. The average molecular weight is 422 g/mol. The van der Waals surface area contributed by atoms with Gasteiger partial charge in [-0.1, -0.05) is 25.5 Å². The van der Waals surface area contributed by atoms with E-state index in [0.717, 1.165) is 5.57 Å². The monoisotopic (exact) mass is 422 g/mol. The number of ether oxygens (including phenoxy) is 1. The molecule has 1 aliphatic heterocycles. The molecule has 3 aromatic rings. The Morgan fingerprint density at radius 1 is 1.13 bits per heavy atom. The van der Waals surface area contributed by atoms with E-state index >= 15 is 0 Å². The van der Waals surface area contributed by atoms with E-state index in [2.05, 4.69) is 0 Å². The van der Waals surface area contributed by atoms with Gasteiger partial charge in [0.2, 0.25) is 5.43 Å². The number of phenolic OH excluding ortho intramolecular Hbond substituents is 3. The molecule has 0 radical (unpaired) electrons. The van der Waals surface area contributed by atoms with Gasteiger partial charge in [0.05, 0.1) is 5.56 Å². The Morgan fingerprint density at radius 3 is 2.48 bits per heavy atom. The summed E-state index contributed by atoms with van der Waals surface area (Å²) in [7, 11) is 0. The Morgan fingerprint density at radius 2 is 1.84 bits per heavy atom. The summed E-state index contributed by atoms with van der Waals surface area (Å²) < 4.78 is 12.2. The average Bonchev–Trinajstić information content (AvgIpc) is 2.88. The summed E-state index contributed by atoms with van der Waals surface area (Å²) in [5.74, 6) is 0.172. The highest BCUT2D eigenvalue weighted by Crippen LogP contribution is 2.49. The van der Waals surface area contributed by atoms with Crippen LogP contribution >= 0.6 is 0 Å². The summed E-state index contributed by atoms with van der Waals surface area (Å²) >= 11 is 0. The van der Waals surface area contributed by atoms with Crippen molar-refractivity contribution in [3.05, 3.63) is 57.3 Å². The van der Waals surface area contributed by atoms with Gasteiger partial charge in [0.15, 0.2) is 0 Å². The molecule has 162 valence electrons. The summed E-state index contributed by atoms with van der Waals surface area (Å²) in [6, 6.07) is 5.61. The van der Waals surface area contributed by atoms with Crippen molar-refractivity contribution in [1.29, 1.82) is 0 Å². The third kappa shape index (κ3) is 3.23. The SMILES string of the molecule is CC(C)=CCc1c(-c2ccc(O)cc2O)oc2c3c(cc(O)c2c1=O)OC(C)C3(C)C. The van der Waals surface area contributed by atoms with Crippen LogP contribution in [0.25, 0.3) is 22.3 Å². The van der Waals surface area contributed by atoms with E-state index in [1.54, 1.807) is 0 Å². The van der Waals surface area contributed by atoms with Crippen molar-refractivity contribution in [3.8, 4) is 34.3 Å². The van der Waals surface area contributed by atoms with Crippen molar-refractivity contribution in [2.24, 2.45) is 0 Å². The van der Waals surface area contributed by atoms with Gasteiger partial charge < -0.3 is 24.5 Å². The van der Waals surface area contributed by atoms with Crippen LogP contribution < -0.4 is 10.2 Å². The first-order valence-electron chi connectivity index (χ1n) is 10.2. The van der Waals surface area contributed by atoms with Crippen molar-refractivity contribution in [3.63, 3.8) is 0 Å². The van der Waals surface area contributed by atoms with Gasteiger partial charge in [-0.25, -0.2) is 0 Å². The Hall–Kier alpha value is -3.41. The number of fused-ring (bicyclic) bond motifs is 3. The fourth-order valence-electron chi connectivity index (χ4n) is 4.03. The molecule has 1 aliphatic rings. The van der Waals surface area contributed by atoms with E-state index in [4.69, 9.17) is 9.15 Å². The van der Waals surface area contributed by atoms with Crippen molar-refractivity contribution in [1.82, 2.24) is 0 Å². The fourth-order valence-corrected chi connectivity index (χ4v) is 4.03. The number of aromatic hydroxyl groups is 3. The molecule has 6 nitrogen and oxygen atoms in total. The van der Waals surface area contributed by atoms with Crippen LogP contribution in [0.1, 0.15) is 45.7 Å². The second-order valence-corrected chi connectivity index (χ2v) is 8.88. The van der Waals surface area contributed by atoms with Gasteiger partial charge in [-0.3, -0.25) is 4.79 Å². The minimum absolute atomic E-state index is 0.0999. The second kappa shape index (κ2) is 7.08. The highest BCUT2D eigenvalue weighted by molar-refractivity contribution is 5.92. The Balaban J connectivity index is 2.15. The Kier molecular flexibility index (Phi) is 4.76. The van der Waals surface area contributed by atoms with Crippen LogP contribution in [-0.2, 0) is 11.8 Å². The molecule has 1 aromatic heterocycles. The topological polar surface area (TPSA) is 100 Å². The molecule has 3 N–H and O–H groups in total. The van der Waals surface area contributed by atoms with Crippen molar-refractivity contribution in [2.45, 2.75) is 52.6 Å². The summed E-state index contributed by atoms with van der Waals surface area (Å²) in [6.45, 7) is 9.76. The predicted octanol–water partition coefficient (Wildman–Crippen LogP) is 5.14. The van der Waals surface area contributed by atoms with E-state index in [1.165, 1.54) is 24.3 Å². The fraction of sp³-hybridized carbons (Fsp3) is 0.320. The maximum Gasteiger partial charge on any atom is 0.200 e. The molecule has 31 heavy (non-hydrogen) atoms. The summed E-state index contributed by atoms with van der Waals surface area (Å²) in [6.07, 6.45) is 1.97. The summed E-state index contributed by atoms with van der Waals surface area (Å²) in [5, 5.41) is 31.0. The van der Waals surface area contributed by atoms with Gasteiger partial charge in [-0.05, 0) is 39.3 Å². The number of hydrogen-bond acceptors (Lipinski definition) is 6. The number of phenols is 3. The lowest BCUT2D eigenvalue weighted by Gasteiger charge is -2.23. The minimum Gasteiger partial charge on any atom is -0.508 e. The Labute approximate surface area is 180 Å². The molecule has 0 bridgehead atoms. The highest BCUT2D eigenvalue weighted by Gasteiger charge is 2.42. The molecule has 0 spiro atoms. The molecular formula is C25H26O6. The van der Waals surface area contributed by atoms with Crippen LogP contribution in [-0.4, -0.2) is 21.4 Å². The zero-order chi connectivity index (χ0) is 22.7. The van der Waals surface area contributed by atoms with Crippen LogP contribution in [0.4, 0.5) is 0 Å². The van der Waals surface area contributed by atoms with E-state index < -0.39 is 5.41 Å². The van der Waals surface area contributed by atoms with Crippen LogP contribution in [0.5, 0.6) is 23.0 Å². The molecule has 1 unspecified atom stereocenters. The third-order valence-corrected chi connectivity index (χ3v) is 6.11. The van der Waals surface area contributed by atoms with Crippen LogP contribution in [0.3, 0.4) is 0 Å². The number of rotatable bonds is 3. The molecule has 4 rings (SSSR count). The first-order valence-corrected chi connectivity index (χ1v) is 10.2. The van der Waals surface area contributed by atoms with E-state index in [1.807, 2.05) is 40.7 Å². The first-order chi connectivity index (χ1) is 14.5. The van der Waals surface area contributed by atoms with Crippen LogP contribution in [0.2, 0.25) is 0 Å². The summed E-state index contributed by atoms with van der Waals surface area (Å²) in [5.41, 5.74) is 1.74. The zero-order valence-electron chi connectivity index (χ0n) is 18.2. The van der Waals surface area contributed by atoms with Crippen LogP contribution in [0, 0.1) is 0 Å². The van der Waals surface area contributed by atoms with Gasteiger partial charge >= 0.3 is 0 Å². The van der Waals surface area contributed by atoms with E-state index in [-0.39, 0.29) is 57.5 Å². The maximum absolute atomic E-state index is 13.6. The highest BCUT2D eigenvalue weighted by atomic mass is 16.5. The first kappa shape index (κ1) is 20.8. The molecule has 2 heterocycles. The molecule has 0 saturated carbocycles. The molecular weight excluding hydrogens is 396 g/mol. The molecule has 6 heteroatoms. The quantitative estimate of drug-likeness (QED) is 0.505. The maximum atomic E-state index is 13.6. The van der Waals surface area contributed by atoms with E-state index in [0.29, 0.717) is 16.9 Å². The number of benzene rings is 2. The van der Waals surface area contributed by atoms with E-state index in [9.17, 15) is 20.1 Å². The van der Waals surface area contributed by atoms with Gasteiger partial charge in [0.1, 0.15) is 45.8 Å². The summed E-state index contributed by atoms with van der Waals surface area (Å²) in [4.78, 5) is 13.6.